The molecule has 1 aromatic rings. The lowest BCUT2D eigenvalue weighted by Gasteiger charge is -2.07. The fourth-order valence-electron chi connectivity index (χ4n) is 0.922. The van der Waals surface area contributed by atoms with E-state index in [1.54, 1.807) is 0 Å². The van der Waals surface area contributed by atoms with Crippen LogP contribution in [0.5, 0.6) is 0 Å². The topological polar surface area (TPSA) is 76.0 Å². The smallest absolute Gasteiger partial charge is 0.341 e. The van der Waals surface area contributed by atoms with Gasteiger partial charge in [-0.2, -0.15) is 0 Å². The molecule has 17 heavy (non-hydrogen) atoms. The van der Waals surface area contributed by atoms with Crippen molar-refractivity contribution < 1.29 is 42.1 Å². The summed E-state index contributed by atoms with van der Waals surface area (Å²) >= 11 is -0.373. The number of aromatic carboxylic acids is 1. The Morgan fingerprint density at radius 3 is 1.88 bits per heavy atom. The van der Waals surface area contributed by atoms with Gasteiger partial charge in [-0.1, -0.05) is 5.04 Å². The minimum Gasteiger partial charge on any atom is -0.477 e. The Balaban J connectivity index is 3.41. The second kappa shape index (κ2) is 5.31. The Morgan fingerprint density at radius 1 is 1.06 bits per heavy atom. The van der Waals surface area contributed by atoms with Gasteiger partial charge in [-0.15, -0.1) is 4.33 Å². The first-order valence-electron chi connectivity index (χ1n) is 3.65. The van der Waals surface area contributed by atoms with Gasteiger partial charge in [-0.3, -0.25) is 0 Å². The minimum atomic E-state index is -2.17. The molecule has 1 aromatic carbocycles. The summed E-state index contributed by atoms with van der Waals surface area (Å²) in [4.78, 5) is 9.02. The van der Waals surface area contributed by atoms with Crippen molar-refractivity contribution in [3.05, 3.63) is 28.8 Å². The van der Waals surface area contributed by atoms with Gasteiger partial charge in [-0.05, 0) is 0 Å². The predicted octanol–water partition coefficient (Wildman–Crippen LogP) is 2.37. The lowest BCUT2D eigenvalue weighted by molar-refractivity contribution is -0.432. The van der Waals surface area contributed by atoms with Crippen molar-refractivity contribution in [2.75, 3.05) is 0 Å². The zero-order valence-electron chi connectivity index (χ0n) is 7.54. The van der Waals surface area contributed by atoms with Crippen LogP contribution in [0, 0.1) is 23.3 Å². The molecule has 1 rings (SSSR count). The number of halogens is 4. The van der Waals surface area contributed by atoms with Crippen molar-refractivity contribution in [2.45, 2.75) is 4.90 Å². The molecular weight excluding hydrogens is 272 g/mol. The summed E-state index contributed by atoms with van der Waals surface area (Å²) in [6.45, 7) is 0. The van der Waals surface area contributed by atoms with Gasteiger partial charge >= 0.3 is 5.97 Å². The maximum absolute atomic E-state index is 13.1. The van der Waals surface area contributed by atoms with Crippen LogP contribution >= 0.6 is 12.0 Å². The fourth-order valence-corrected chi connectivity index (χ4v) is 1.35. The summed E-state index contributed by atoms with van der Waals surface area (Å²) in [5.74, 6) is -10.3. The standard InChI is InChI=1S/C7H2F4O5S/c8-2-1(7(12)13)3(9)5(11)6(4(2)10)17-16-15-14/h14H,(H,12,13). The van der Waals surface area contributed by atoms with Crippen molar-refractivity contribution in [3.8, 4) is 0 Å². The van der Waals surface area contributed by atoms with Crippen LogP contribution in [-0.4, -0.2) is 16.3 Å². The molecule has 0 bridgehead atoms. The van der Waals surface area contributed by atoms with E-state index in [1.165, 1.54) is 0 Å². The first-order chi connectivity index (χ1) is 7.91. The zero-order chi connectivity index (χ0) is 13.2. The number of hydrogen-bond acceptors (Lipinski definition) is 5. The quantitative estimate of drug-likeness (QED) is 0.288. The molecule has 0 unspecified atom stereocenters. The summed E-state index contributed by atoms with van der Waals surface area (Å²) in [7, 11) is 0. The highest BCUT2D eigenvalue weighted by molar-refractivity contribution is 7.94. The van der Waals surface area contributed by atoms with Crippen LogP contribution in [0.25, 0.3) is 0 Å². The molecule has 0 saturated carbocycles. The molecule has 0 heterocycles. The van der Waals surface area contributed by atoms with E-state index >= 15 is 0 Å². The lowest BCUT2D eigenvalue weighted by Crippen LogP contribution is -2.11. The van der Waals surface area contributed by atoms with E-state index < -0.39 is 39.7 Å². The summed E-state index contributed by atoms with van der Waals surface area (Å²) in [6, 6.07) is 0. The van der Waals surface area contributed by atoms with Crippen LogP contribution in [0.4, 0.5) is 17.6 Å². The Bertz CT molecular complexity index is 437. The molecule has 0 radical (unpaired) electrons. The number of carboxylic acid groups (broad SMARTS) is 1. The normalized spacial score (nSPS) is 10.6. The van der Waals surface area contributed by atoms with Crippen molar-refractivity contribution in [1.29, 1.82) is 0 Å². The summed E-state index contributed by atoms with van der Waals surface area (Å²) < 4.78 is 55.9. The zero-order valence-corrected chi connectivity index (χ0v) is 8.36. The van der Waals surface area contributed by atoms with E-state index in [-0.39, 0.29) is 12.0 Å². The Labute approximate surface area is 94.6 Å². The number of benzene rings is 1. The number of carbonyl (C=O) groups is 1. The van der Waals surface area contributed by atoms with Crippen LogP contribution in [0.2, 0.25) is 0 Å². The Hall–Kier alpha value is -1.36. The predicted molar refractivity (Wildman–Crippen MR) is 43.9 cm³/mol. The van der Waals surface area contributed by atoms with Crippen molar-refractivity contribution >= 4 is 18.0 Å². The summed E-state index contributed by atoms with van der Waals surface area (Å²) in [5, 5.41) is 19.0. The molecule has 0 aliphatic rings. The van der Waals surface area contributed by atoms with E-state index in [0.29, 0.717) is 0 Å². The summed E-state index contributed by atoms with van der Waals surface area (Å²) in [6.07, 6.45) is 0. The second-order valence-corrected chi connectivity index (χ2v) is 3.20. The van der Waals surface area contributed by atoms with Gasteiger partial charge in [0.05, 0.1) is 12.0 Å². The maximum atomic E-state index is 13.1. The van der Waals surface area contributed by atoms with E-state index in [4.69, 9.17) is 10.4 Å². The average molecular weight is 274 g/mol. The monoisotopic (exact) mass is 274 g/mol. The third kappa shape index (κ3) is 2.49. The molecule has 0 aliphatic carbocycles. The van der Waals surface area contributed by atoms with Gasteiger partial charge in [0.2, 0.25) is 0 Å². The van der Waals surface area contributed by atoms with Gasteiger partial charge in [0.25, 0.3) is 0 Å². The molecule has 0 saturated heterocycles. The van der Waals surface area contributed by atoms with Crippen molar-refractivity contribution in [2.24, 2.45) is 0 Å². The SMILES string of the molecule is O=C(O)c1c(F)c(F)c(SOOO)c(F)c1F. The average Bonchev–Trinajstić information content (AvgIpc) is 2.26. The van der Waals surface area contributed by atoms with E-state index in [1.807, 2.05) is 0 Å². The third-order valence-electron chi connectivity index (χ3n) is 1.58. The van der Waals surface area contributed by atoms with Crippen LogP contribution < -0.4 is 0 Å². The van der Waals surface area contributed by atoms with Gasteiger partial charge in [-0.25, -0.2) is 27.6 Å². The second-order valence-electron chi connectivity index (χ2n) is 2.49. The van der Waals surface area contributed by atoms with Crippen LogP contribution in [-0.2, 0) is 9.37 Å². The molecule has 0 atom stereocenters. The molecule has 94 valence electrons. The molecule has 0 fully saturated rings. The Morgan fingerprint density at radius 2 is 1.53 bits per heavy atom. The molecule has 10 heteroatoms. The molecule has 0 aliphatic heterocycles. The Kier molecular flexibility index (Phi) is 4.28. The van der Waals surface area contributed by atoms with Crippen LogP contribution in [0.1, 0.15) is 10.4 Å². The van der Waals surface area contributed by atoms with Gasteiger partial charge in [0.15, 0.2) is 23.3 Å². The highest BCUT2D eigenvalue weighted by atomic mass is 32.2. The van der Waals surface area contributed by atoms with E-state index in [9.17, 15) is 22.4 Å². The largest absolute Gasteiger partial charge is 0.477 e. The molecule has 0 aromatic heterocycles. The third-order valence-corrected chi connectivity index (χ3v) is 2.24. The molecular formula is C7H2F4O5S. The van der Waals surface area contributed by atoms with Gasteiger partial charge < -0.3 is 5.11 Å². The number of hydrogen-bond donors (Lipinski definition) is 2. The van der Waals surface area contributed by atoms with Crippen molar-refractivity contribution in [3.63, 3.8) is 0 Å². The fraction of sp³-hybridized carbons (Fsp3) is 0. The maximum Gasteiger partial charge on any atom is 0.341 e. The van der Waals surface area contributed by atoms with Gasteiger partial charge in [0, 0.05) is 0 Å². The van der Waals surface area contributed by atoms with Crippen LogP contribution in [0.3, 0.4) is 0 Å². The summed E-state index contributed by atoms with van der Waals surface area (Å²) in [5.41, 5.74) is -1.77. The molecule has 2 N–H and O–H groups in total. The first-order valence-corrected chi connectivity index (χ1v) is 4.40. The highest BCUT2D eigenvalue weighted by Gasteiger charge is 2.30. The number of rotatable bonds is 4. The van der Waals surface area contributed by atoms with Crippen LogP contribution in [0.15, 0.2) is 4.90 Å². The highest BCUT2D eigenvalue weighted by Crippen LogP contribution is 2.31. The molecule has 5 nitrogen and oxygen atoms in total. The number of carboxylic acids is 1. The first kappa shape index (κ1) is 13.7. The lowest BCUT2D eigenvalue weighted by atomic mass is 10.2. The van der Waals surface area contributed by atoms with E-state index in [0.717, 1.165) is 0 Å². The van der Waals surface area contributed by atoms with E-state index in [2.05, 4.69) is 9.37 Å². The molecule has 0 spiro atoms. The molecule has 0 amide bonds. The minimum absolute atomic E-state index is 0.373. The van der Waals surface area contributed by atoms with Gasteiger partial charge in [0.1, 0.15) is 10.5 Å². The van der Waals surface area contributed by atoms with Crippen molar-refractivity contribution in [1.82, 2.24) is 0 Å².